The molecule has 1 aromatic heterocycles. The third-order valence-corrected chi connectivity index (χ3v) is 4.78. The summed E-state index contributed by atoms with van der Waals surface area (Å²) in [5.74, 6) is 0.717. The monoisotopic (exact) mass is 300 g/mol. The molecule has 3 heteroatoms. The van der Waals surface area contributed by atoms with Gasteiger partial charge in [0.25, 0.3) is 0 Å². The van der Waals surface area contributed by atoms with Gasteiger partial charge in [-0.2, -0.15) is 0 Å². The van der Waals surface area contributed by atoms with Crippen molar-refractivity contribution in [3.8, 4) is 0 Å². The lowest BCUT2D eigenvalue weighted by molar-refractivity contribution is 0.412. The van der Waals surface area contributed by atoms with Crippen molar-refractivity contribution in [1.82, 2.24) is 4.98 Å². The first kappa shape index (κ1) is 14.4. The van der Waals surface area contributed by atoms with Crippen LogP contribution in [0.5, 0.6) is 0 Å². The molecule has 0 aliphatic heterocycles. The summed E-state index contributed by atoms with van der Waals surface area (Å²) >= 11 is 5.97. The summed E-state index contributed by atoms with van der Waals surface area (Å²) in [5.41, 5.74) is 3.60. The normalized spacial score (nSPS) is 22.0. The molecule has 0 amide bonds. The molecule has 0 bridgehead atoms. The molecule has 1 heterocycles. The highest BCUT2D eigenvalue weighted by molar-refractivity contribution is 6.30. The molecule has 1 saturated carbocycles. The third-order valence-electron chi connectivity index (χ3n) is 4.38. The van der Waals surface area contributed by atoms with Gasteiger partial charge in [0.2, 0.25) is 0 Å². The number of halogens is 1. The topological polar surface area (TPSA) is 24.9 Å². The molecule has 1 aliphatic carbocycles. The van der Waals surface area contributed by atoms with E-state index >= 15 is 0 Å². The van der Waals surface area contributed by atoms with Crippen LogP contribution in [0.3, 0.4) is 0 Å². The lowest BCUT2D eigenvalue weighted by Crippen LogP contribution is -2.25. The van der Waals surface area contributed by atoms with Crippen molar-refractivity contribution in [2.45, 2.75) is 44.6 Å². The van der Waals surface area contributed by atoms with Gasteiger partial charge >= 0.3 is 0 Å². The van der Waals surface area contributed by atoms with E-state index in [-0.39, 0.29) is 0 Å². The van der Waals surface area contributed by atoms with Crippen LogP contribution in [0.4, 0.5) is 5.69 Å². The molecule has 1 aromatic carbocycles. The number of pyridine rings is 1. The van der Waals surface area contributed by atoms with Crippen molar-refractivity contribution >= 4 is 17.3 Å². The van der Waals surface area contributed by atoms with Crippen LogP contribution in [-0.4, -0.2) is 11.0 Å². The second-order valence-electron chi connectivity index (χ2n) is 5.94. The molecule has 0 unspecified atom stereocenters. The van der Waals surface area contributed by atoms with Crippen LogP contribution in [0.2, 0.25) is 5.15 Å². The summed E-state index contributed by atoms with van der Waals surface area (Å²) in [7, 11) is 0. The molecule has 2 aromatic rings. The van der Waals surface area contributed by atoms with E-state index in [9.17, 15) is 0 Å². The zero-order valence-electron chi connectivity index (χ0n) is 12.3. The fourth-order valence-corrected chi connectivity index (χ4v) is 3.27. The lowest BCUT2D eigenvalue weighted by Gasteiger charge is -2.30. The van der Waals surface area contributed by atoms with E-state index in [1.165, 1.54) is 31.2 Å². The molecule has 0 atom stereocenters. The number of nitrogens with zero attached hydrogens (tertiary/aromatic N) is 1. The van der Waals surface area contributed by atoms with Gasteiger partial charge in [0.05, 0.1) is 11.9 Å². The van der Waals surface area contributed by atoms with Gasteiger partial charge < -0.3 is 5.32 Å². The van der Waals surface area contributed by atoms with E-state index in [0.717, 1.165) is 11.3 Å². The SMILES string of the molecule is Cc1cc(NC2CCC(c3ccccc3)CC2)cnc1Cl. The van der Waals surface area contributed by atoms with Crippen LogP contribution in [0.15, 0.2) is 42.6 Å². The number of rotatable bonds is 3. The molecule has 0 radical (unpaired) electrons. The lowest BCUT2D eigenvalue weighted by atomic mass is 9.82. The van der Waals surface area contributed by atoms with Gasteiger partial charge in [-0.3, -0.25) is 0 Å². The fourth-order valence-electron chi connectivity index (χ4n) is 3.17. The van der Waals surface area contributed by atoms with E-state index in [1.54, 1.807) is 0 Å². The zero-order valence-corrected chi connectivity index (χ0v) is 13.1. The van der Waals surface area contributed by atoms with Crippen LogP contribution < -0.4 is 5.32 Å². The largest absolute Gasteiger partial charge is 0.381 e. The molecule has 1 N–H and O–H groups in total. The molecule has 2 nitrogen and oxygen atoms in total. The second-order valence-corrected chi connectivity index (χ2v) is 6.29. The number of hydrogen-bond donors (Lipinski definition) is 1. The maximum atomic E-state index is 5.97. The average Bonchev–Trinajstić information content (AvgIpc) is 2.53. The summed E-state index contributed by atoms with van der Waals surface area (Å²) in [4.78, 5) is 4.21. The van der Waals surface area contributed by atoms with E-state index in [2.05, 4.69) is 46.7 Å². The van der Waals surface area contributed by atoms with Crippen molar-refractivity contribution < 1.29 is 0 Å². The molecular weight excluding hydrogens is 280 g/mol. The highest BCUT2D eigenvalue weighted by Crippen LogP contribution is 2.34. The van der Waals surface area contributed by atoms with Gasteiger partial charge in [-0.15, -0.1) is 0 Å². The molecular formula is C18H21ClN2. The standard InChI is InChI=1S/C18H21ClN2/c1-13-11-17(12-20-18(13)19)21-16-9-7-15(8-10-16)14-5-3-2-4-6-14/h2-6,11-12,15-16,21H,7-10H2,1H3. The van der Waals surface area contributed by atoms with Gasteiger partial charge in [0, 0.05) is 6.04 Å². The van der Waals surface area contributed by atoms with Crippen LogP contribution >= 0.6 is 11.6 Å². The highest BCUT2D eigenvalue weighted by atomic mass is 35.5. The minimum Gasteiger partial charge on any atom is -0.381 e. The van der Waals surface area contributed by atoms with Crippen LogP contribution in [-0.2, 0) is 0 Å². The van der Waals surface area contributed by atoms with Gasteiger partial charge in [-0.1, -0.05) is 41.9 Å². The molecule has 1 fully saturated rings. The minimum atomic E-state index is 0.548. The van der Waals surface area contributed by atoms with Gasteiger partial charge in [0.15, 0.2) is 0 Å². The first-order valence-electron chi connectivity index (χ1n) is 7.66. The first-order chi connectivity index (χ1) is 10.2. The summed E-state index contributed by atoms with van der Waals surface area (Å²) in [6.45, 7) is 1.99. The third kappa shape index (κ3) is 3.56. The summed E-state index contributed by atoms with van der Waals surface area (Å²) in [6.07, 6.45) is 6.75. The van der Waals surface area contributed by atoms with Gasteiger partial charge in [-0.25, -0.2) is 4.98 Å². The molecule has 3 rings (SSSR count). The highest BCUT2D eigenvalue weighted by Gasteiger charge is 2.22. The minimum absolute atomic E-state index is 0.548. The maximum Gasteiger partial charge on any atom is 0.132 e. The van der Waals surface area contributed by atoms with Crippen molar-refractivity contribution in [1.29, 1.82) is 0 Å². The van der Waals surface area contributed by atoms with Gasteiger partial charge in [0.1, 0.15) is 5.15 Å². The zero-order chi connectivity index (χ0) is 14.7. The Balaban J connectivity index is 1.57. The quantitative estimate of drug-likeness (QED) is 0.790. The maximum absolute atomic E-state index is 5.97. The Labute approximate surface area is 131 Å². The van der Waals surface area contributed by atoms with Crippen LogP contribution in [0.1, 0.15) is 42.7 Å². The van der Waals surface area contributed by atoms with Crippen molar-refractivity contribution in [2.24, 2.45) is 0 Å². The Morgan fingerprint density at radius 1 is 1.10 bits per heavy atom. The number of aryl methyl sites for hydroxylation is 1. The molecule has 0 saturated heterocycles. The number of aromatic nitrogens is 1. The molecule has 21 heavy (non-hydrogen) atoms. The number of nitrogens with one attached hydrogen (secondary N) is 1. The second kappa shape index (κ2) is 6.48. The fraction of sp³-hybridized carbons (Fsp3) is 0.389. The van der Waals surface area contributed by atoms with Crippen molar-refractivity contribution in [3.05, 3.63) is 58.9 Å². The van der Waals surface area contributed by atoms with Gasteiger partial charge in [-0.05, 0) is 55.7 Å². The Hall–Kier alpha value is -1.54. The Bertz CT molecular complexity index is 589. The van der Waals surface area contributed by atoms with E-state index in [1.807, 2.05) is 13.1 Å². The van der Waals surface area contributed by atoms with E-state index < -0.39 is 0 Å². The van der Waals surface area contributed by atoms with E-state index in [4.69, 9.17) is 11.6 Å². The number of benzene rings is 1. The predicted octanol–water partition coefficient (Wildman–Crippen LogP) is 5.18. The number of hydrogen-bond acceptors (Lipinski definition) is 2. The summed E-state index contributed by atoms with van der Waals surface area (Å²) in [6, 6.07) is 13.5. The Morgan fingerprint density at radius 3 is 2.48 bits per heavy atom. The summed E-state index contributed by atoms with van der Waals surface area (Å²) < 4.78 is 0. The van der Waals surface area contributed by atoms with Crippen LogP contribution in [0.25, 0.3) is 0 Å². The smallest absolute Gasteiger partial charge is 0.132 e. The van der Waals surface area contributed by atoms with Crippen molar-refractivity contribution in [2.75, 3.05) is 5.32 Å². The van der Waals surface area contributed by atoms with Crippen molar-refractivity contribution in [3.63, 3.8) is 0 Å². The molecule has 0 spiro atoms. The number of anilines is 1. The van der Waals surface area contributed by atoms with Crippen LogP contribution in [0, 0.1) is 6.92 Å². The predicted molar refractivity (Wildman–Crippen MR) is 89.0 cm³/mol. The Kier molecular flexibility index (Phi) is 4.45. The Morgan fingerprint density at radius 2 is 1.81 bits per heavy atom. The molecule has 1 aliphatic rings. The average molecular weight is 301 g/mol. The van der Waals surface area contributed by atoms with E-state index in [0.29, 0.717) is 17.1 Å². The first-order valence-corrected chi connectivity index (χ1v) is 8.04. The molecule has 110 valence electrons. The summed E-state index contributed by atoms with van der Waals surface area (Å²) in [5, 5.41) is 4.19.